The Hall–Kier alpha value is -4.50. The smallest absolute Gasteiger partial charge is 0.242 e. The second kappa shape index (κ2) is 12.6. The standard InChI is InChI=1S/C34H30FNO5S/c1-23-7-10-27(32-21-30(37)15-18-33(32)41-22-24-8-13-29(35)14-9-24)20-28(19-23)25-11-16-31(17-12-25)42(39,40)36-34(38)26-5-3-2-4-6-26/h2-19,21,34,36-38H,20,22H2,1H3. The van der Waals surface area contributed by atoms with Crippen LogP contribution in [0.25, 0.3) is 11.1 Å². The lowest BCUT2D eigenvalue weighted by molar-refractivity contribution is 0.166. The normalized spacial score (nSPS) is 14.3. The lowest BCUT2D eigenvalue weighted by atomic mass is 9.93. The fourth-order valence-corrected chi connectivity index (χ4v) is 5.70. The lowest BCUT2D eigenvalue weighted by Crippen LogP contribution is -2.28. The molecule has 0 spiro atoms. The number of rotatable bonds is 9. The van der Waals surface area contributed by atoms with Crippen LogP contribution in [0, 0.1) is 5.82 Å². The van der Waals surface area contributed by atoms with Gasteiger partial charge in [0.1, 0.15) is 30.2 Å². The maximum Gasteiger partial charge on any atom is 0.242 e. The highest BCUT2D eigenvalue weighted by Gasteiger charge is 2.21. The SMILES string of the molecule is CC1=CC=C(c2cc(O)ccc2OCc2ccc(F)cc2)CC(c2ccc(S(=O)(=O)NC(O)c3ccccc3)cc2)=C1. The zero-order valence-electron chi connectivity index (χ0n) is 22.9. The van der Waals surface area contributed by atoms with Crippen LogP contribution in [0.15, 0.2) is 126 Å². The maximum atomic E-state index is 13.3. The summed E-state index contributed by atoms with van der Waals surface area (Å²) in [6, 6.07) is 26.0. The first kappa shape index (κ1) is 29.0. The van der Waals surface area contributed by atoms with E-state index in [9.17, 15) is 23.0 Å². The highest BCUT2D eigenvalue weighted by molar-refractivity contribution is 7.89. The number of phenolic OH excluding ortho intramolecular Hbond substituents is 1. The fraction of sp³-hybridized carbons (Fsp3) is 0.118. The molecule has 3 N–H and O–H groups in total. The van der Waals surface area contributed by atoms with Crippen LogP contribution in [0.1, 0.15) is 41.8 Å². The predicted molar refractivity (Wildman–Crippen MR) is 161 cm³/mol. The lowest BCUT2D eigenvalue weighted by Gasteiger charge is -2.17. The second-order valence-electron chi connectivity index (χ2n) is 10.0. The van der Waals surface area contributed by atoms with E-state index < -0.39 is 16.3 Å². The van der Waals surface area contributed by atoms with Crippen LogP contribution >= 0.6 is 0 Å². The van der Waals surface area contributed by atoms with Gasteiger partial charge in [-0.05, 0) is 83.6 Å². The van der Waals surface area contributed by atoms with E-state index in [-0.39, 0.29) is 23.1 Å². The van der Waals surface area contributed by atoms with Gasteiger partial charge < -0.3 is 14.9 Å². The van der Waals surface area contributed by atoms with Gasteiger partial charge in [0.05, 0.1) is 4.90 Å². The number of halogens is 1. The number of sulfonamides is 1. The van der Waals surface area contributed by atoms with Gasteiger partial charge in [0.15, 0.2) is 0 Å². The van der Waals surface area contributed by atoms with E-state index in [0.717, 1.165) is 27.8 Å². The average Bonchev–Trinajstić information content (AvgIpc) is 3.19. The van der Waals surface area contributed by atoms with Gasteiger partial charge in [-0.1, -0.05) is 78.4 Å². The largest absolute Gasteiger partial charge is 0.508 e. The molecule has 42 heavy (non-hydrogen) atoms. The van der Waals surface area contributed by atoms with Crippen LogP contribution in [0.5, 0.6) is 11.5 Å². The molecule has 1 unspecified atom stereocenters. The van der Waals surface area contributed by atoms with Crippen molar-refractivity contribution in [3.8, 4) is 11.5 Å². The number of aromatic hydroxyl groups is 1. The quantitative estimate of drug-likeness (QED) is 0.186. The van der Waals surface area contributed by atoms with Crippen molar-refractivity contribution >= 4 is 21.2 Å². The van der Waals surface area contributed by atoms with Gasteiger partial charge in [-0.15, -0.1) is 0 Å². The molecule has 1 aliphatic rings. The summed E-state index contributed by atoms with van der Waals surface area (Å²) in [5.41, 5.74) is 5.63. The summed E-state index contributed by atoms with van der Waals surface area (Å²) in [6.07, 6.45) is 5.10. The van der Waals surface area contributed by atoms with Crippen molar-refractivity contribution in [3.63, 3.8) is 0 Å². The summed E-state index contributed by atoms with van der Waals surface area (Å²) in [5, 5.41) is 20.7. The molecule has 0 radical (unpaired) electrons. The molecule has 4 aromatic rings. The van der Waals surface area contributed by atoms with Crippen LogP contribution in [-0.4, -0.2) is 18.6 Å². The number of benzene rings is 4. The summed E-state index contributed by atoms with van der Waals surface area (Å²) in [6.45, 7) is 2.20. The molecule has 8 heteroatoms. The van der Waals surface area contributed by atoms with Crippen molar-refractivity contribution < 1.29 is 27.8 Å². The Morgan fingerprint density at radius 2 is 1.62 bits per heavy atom. The minimum atomic E-state index is -3.98. The van der Waals surface area contributed by atoms with E-state index in [1.54, 1.807) is 72.8 Å². The minimum Gasteiger partial charge on any atom is -0.508 e. The van der Waals surface area contributed by atoms with Crippen LogP contribution in [0.3, 0.4) is 0 Å². The molecule has 5 rings (SSSR count). The van der Waals surface area contributed by atoms with E-state index in [4.69, 9.17) is 4.74 Å². The van der Waals surface area contributed by atoms with Gasteiger partial charge in [-0.3, -0.25) is 0 Å². The zero-order chi connectivity index (χ0) is 29.7. The minimum absolute atomic E-state index is 0.0305. The number of aliphatic hydroxyl groups excluding tert-OH is 1. The van der Waals surface area contributed by atoms with E-state index in [1.807, 2.05) is 25.2 Å². The van der Waals surface area contributed by atoms with Crippen molar-refractivity contribution in [1.29, 1.82) is 0 Å². The van der Waals surface area contributed by atoms with Crippen molar-refractivity contribution in [3.05, 3.63) is 149 Å². The predicted octanol–water partition coefficient (Wildman–Crippen LogP) is 6.90. The number of ether oxygens (including phenoxy) is 1. The monoisotopic (exact) mass is 583 g/mol. The Balaban J connectivity index is 1.36. The molecule has 6 nitrogen and oxygen atoms in total. The summed E-state index contributed by atoms with van der Waals surface area (Å²) in [4.78, 5) is 0.0305. The van der Waals surface area contributed by atoms with E-state index in [2.05, 4.69) is 4.72 Å². The molecule has 1 aliphatic carbocycles. The maximum absolute atomic E-state index is 13.3. The van der Waals surface area contributed by atoms with Crippen LogP contribution in [0.2, 0.25) is 0 Å². The van der Waals surface area contributed by atoms with Gasteiger partial charge >= 0.3 is 0 Å². The molecule has 0 fully saturated rings. The number of allylic oxidation sites excluding steroid dienone is 6. The number of aliphatic hydroxyl groups is 1. The number of phenols is 1. The Labute approximate surface area is 244 Å². The van der Waals surface area contributed by atoms with Gasteiger partial charge in [0, 0.05) is 5.56 Å². The third-order valence-electron chi connectivity index (χ3n) is 6.86. The van der Waals surface area contributed by atoms with Crippen molar-refractivity contribution in [2.24, 2.45) is 0 Å². The summed E-state index contributed by atoms with van der Waals surface area (Å²) in [5.74, 6) is 0.344. The fourth-order valence-electron chi connectivity index (χ4n) is 4.64. The molecule has 0 aliphatic heterocycles. The summed E-state index contributed by atoms with van der Waals surface area (Å²) < 4.78 is 47.6. The molecule has 0 amide bonds. The Kier molecular flexibility index (Phi) is 8.68. The Bertz CT molecular complexity index is 1760. The molecule has 0 bridgehead atoms. The van der Waals surface area contributed by atoms with Crippen LogP contribution in [0.4, 0.5) is 4.39 Å². The highest BCUT2D eigenvalue weighted by atomic mass is 32.2. The first-order valence-corrected chi connectivity index (χ1v) is 14.8. The molecule has 1 atom stereocenters. The molecule has 0 aromatic heterocycles. The van der Waals surface area contributed by atoms with Gasteiger partial charge in [-0.2, -0.15) is 4.72 Å². The van der Waals surface area contributed by atoms with Gasteiger partial charge in [0.25, 0.3) is 0 Å². The number of hydrogen-bond acceptors (Lipinski definition) is 5. The Morgan fingerprint density at radius 1 is 0.905 bits per heavy atom. The Morgan fingerprint density at radius 3 is 2.33 bits per heavy atom. The van der Waals surface area contributed by atoms with Crippen LogP contribution in [-0.2, 0) is 16.6 Å². The molecule has 0 heterocycles. The molecular formula is C34H30FNO5S. The average molecular weight is 584 g/mol. The summed E-state index contributed by atoms with van der Waals surface area (Å²) in [7, 11) is -3.98. The second-order valence-corrected chi connectivity index (χ2v) is 11.7. The van der Waals surface area contributed by atoms with Gasteiger partial charge in [0.2, 0.25) is 10.0 Å². The molecule has 4 aromatic carbocycles. The van der Waals surface area contributed by atoms with E-state index in [1.165, 1.54) is 24.3 Å². The molecule has 214 valence electrons. The molecule has 0 saturated carbocycles. The summed E-state index contributed by atoms with van der Waals surface area (Å²) >= 11 is 0. The topological polar surface area (TPSA) is 95.9 Å². The highest BCUT2D eigenvalue weighted by Crippen LogP contribution is 2.38. The van der Waals surface area contributed by atoms with Crippen molar-refractivity contribution in [1.82, 2.24) is 4.72 Å². The van der Waals surface area contributed by atoms with Crippen LogP contribution < -0.4 is 9.46 Å². The first-order valence-electron chi connectivity index (χ1n) is 13.3. The molecule has 0 saturated heterocycles. The zero-order valence-corrected chi connectivity index (χ0v) is 23.7. The van der Waals surface area contributed by atoms with E-state index in [0.29, 0.717) is 23.3 Å². The molecular weight excluding hydrogens is 553 g/mol. The van der Waals surface area contributed by atoms with Crippen molar-refractivity contribution in [2.75, 3.05) is 0 Å². The third kappa shape index (κ3) is 7.03. The van der Waals surface area contributed by atoms with Gasteiger partial charge in [-0.25, -0.2) is 12.8 Å². The first-order chi connectivity index (χ1) is 20.2. The number of nitrogens with one attached hydrogen (secondary N) is 1. The third-order valence-corrected chi connectivity index (χ3v) is 8.29. The van der Waals surface area contributed by atoms with E-state index >= 15 is 0 Å². The van der Waals surface area contributed by atoms with Crippen molar-refractivity contribution in [2.45, 2.75) is 31.1 Å². The number of hydrogen-bond donors (Lipinski definition) is 3.